The first-order chi connectivity index (χ1) is 11.4. The number of likely N-dealkylation sites (tertiary alicyclic amines) is 1. The summed E-state index contributed by atoms with van der Waals surface area (Å²) in [6.45, 7) is 5.14. The fraction of sp³-hybridized carbons (Fsp3) is 0.556. The summed E-state index contributed by atoms with van der Waals surface area (Å²) in [5.41, 5.74) is 0.908. The molecular weight excluding hydrogens is 330 g/mol. The summed E-state index contributed by atoms with van der Waals surface area (Å²) in [6.07, 6.45) is 1.18. The van der Waals surface area contributed by atoms with Crippen LogP contribution in [-0.2, 0) is 14.3 Å². The maximum absolute atomic E-state index is 12.3. The minimum absolute atomic E-state index is 0.00919. The molecule has 0 saturated carbocycles. The van der Waals surface area contributed by atoms with Crippen LogP contribution in [0.1, 0.15) is 38.2 Å². The number of hydrogen-bond donors (Lipinski definition) is 1. The quantitative estimate of drug-likeness (QED) is 0.764. The Hall–Kier alpha value is -1.59. The molecule has 1 saturated heterocycles. The number of ether oxygens (including phenoxy) is 1. The Labute approximate surface area is 147 Å². The molecule has 1 heterocycles. The third-order valence-electron chi connectivity index (χ3n) is 4.27. The van der Waals surface area contributed by atoms with Gasteiger partial charge in [0.2, 0.25) is 5.91 Å². The Morgan fingerprint density at radius 1 is 1.29 bits per heavy atom. The Bertz CT molecular complexity index is 573. The van der Waals surface area contributed by atoms with E-state index in [0.29, 0.717) is 31.0 Å². The van der Waals surface area contributed by atoms with Crippen LogP contribution in [0.5, 0.6) is 0 Å². The van der Waals surface area contributed by atoms with E-state index in [1.807, 2.05) is 26.0 Å². The molecule has 5 nitrogen and oxygen atoms in total. The van der Waals surface area contributed by atoms with Crippen molar-refractivity contribution in [1.82, 2.24) is 4.90 Å². The minimum Gasteiger partial charge on any atom is -0.481 e. The van der Waals surface area contributed by atoms with Gasteiger partial charge in [0.05, 0.1) is 12.0 Å². The Morgan fingerprint density at radius 2 is 1.96 bits per heavy atom. The number of carbonyl (C=O) groups is 2. The highest BCUT2D eigenvalue weighted by atomic mass is 35.5. The predicted octanol–water partition coefficient (Wildman–Crippen LogP) is 3.17. The average molecular weight is 354 g/mol. The molecule has 0 spiro atoms. The lowest BCUT2D eigenvalue weighted by Crippen LogP contribution is -2.30. The third kappa shape index (κ3) is 4.95. The van der Waals surface area contributed by atoms with Gasteiger partial charge in [-0.05, 0) is 38.0 Å². The zero-order valence-corrected chi connectivity index (χ0v) is 14.8. The van der Waals surface area contributed by atoms with E-state index in [1.165, 1.54) is 0 Å². The van der Waals surface area contributed by atoms with Gasteiger partial charge in [0.25, 0.3) is 0 Å². The Morgan fingerprint density at radius 3 is 2.54 bits per heavy atom. The smallest absolute Gasteiger partial charge is 0.308 e. The van der Waals surface area contributed by atoms with Gasteiger partial charge in [-0.15, -0.1) is 0 Å². The number of nitrogens with zero attached hydrogens (tertiary/aromatic N) is 1. The van der Waals surface area contributed by atoms with Gasteiger partial charge in [-0.2, -0.15) is 0 Å². The molecular formula is C18H24ClNO4. The van der Waals surface area contributed by atoms with Crippen molar-refractivity contribution in [3.63, 3.8) is 0 Å². The van der Waals surface area contributed by atoms with Gasteiger partial charge in [0.15, 0.2) is 0 Å². The standard InChI is InChI=1S/C18H24ClNO4/c1-12(2)24-9-3-4-17(21)20-10-15(16(11-20)18(22)23)13-5-7-14(19)8-6-13/h5-8,12,15-16H,3-4,9-11H2,1-2H3,(H,22,23)/t15-,16+/m0/s1. The SMILES string of the molecule is CC(C)OCCCC(=O)N1C[C@@H](C(=O)O)[C@H](c2ccc(Cl)cc2)C1. The molecule has 1 aromatic rings. The second-order valence-electron chi connectivity index (χ2n) is 6.42. The number of carbonyl (C=O) groups excluding carboxylic acids is 1. The summed E-state index contributed by atoms with van der Waals surface area (Å²) in [7, 11) is 0. The number of halogens is 1. The van der Waals surface area contributed by atoms with E-state index in [1.54, 1.807) is 17.0 Å². The number of amides is 1. The van der Waals surface area contributed by atoms with Crippen molar-refractivity contribution in [2.75, 3.05) is 19.7 Å². The molecule has 1 N–H and O–H groups in total. The van der Waals surface area contributed by atoms with E-state index in [9.17, 15) is 14.7 Å². The van der Waals surface area contributed by atoms with Gasteiger partial charge in [-0.25, -0.2) is 0 Å². The highest BCUT2D eigenvalue weighted by Gasteiger charge is 2.40. The lowest BCUT2D eigenvalue weighted by molar-refractivity contribution is -0.141. The van der Waals surface area contributed by atoms with Crippen molar-refractivity contribution < 1.29 is 19.4 Å². The molecule has 1 aliphatic rings. The molecule has 6 heteroatoms. The van der Waals surface area contributed by atoms with Crippen molar-refractivity contribution in [2.45, 2.75) is 38.7 Å². The van der Waals surface area contributed by atoms with Gasteiger partial charge in [-0.3, -0.25) is 9.59 Å². The molecule has 2 atom stereocenters. The van der Waals surface area contributed by atoms with Crippen LogP contribution in [0.4, 0.5) is 0 Å². The summed E-state index contributed by atoms with van der Waals surface area (Å²) in [5, 5.41) is 10.1. The topological polar surface area (TPSA) is 66.8 Å². The van der Waals surface area contributed by atoms with Crippen LogP contribution in [0, 0.1) is 5.92 Å². The van der Waals surface area contributed by atoms with Gasteiger partial charge in [0, 0.05) is 37.1 Å². The molecule has 0 bridgehead atoms. The molecule has 24 heavy (non-hydrogen) atoms. The molecule has 0 radical (unpaired) electrons. The van der Waals surface area contributed by atoms with Crippen LogP contribution in [-0.4, -0.2) is 47.7 Å². The lowest BCUT2D eigenvalue weighted by atomic mass is 9.89. The Kier molecular flexibility index (Phi) is 6.63. The molecule has 1 aliphatic heterocycles. The van der Waals surface area contributed by atoms with Crippen LogP contribution < -0.4 is 0 Å². The number of hydrogen-bond acceptors (Lipinski definition) is 3. The largest absolute Gasteiger partial charge is 0.481 e. The van der Waals surface area contributed by atoms with Crippen molar-refractivity contribution in [3.05, 3.63) is 34.9 Å². The number of carboxylic acid groups (broad SMARTS) is 1. The van der Waals surface area contributed by atoms with Gasteiger partial charge in [0.1, 0.15) is 0 Å². The van der Waals surface area contributed by atoms with Crippen molar-refractivity contribution >= 4 is 23.5 Å². The molecule has 0 aliphatic carbocycles. The summed E-state index contributed by atoms with van der Waals surface area (Å²) < 4.78 is 5.44. The normalized spacial score (nSPS) is 20.6. The highest BCUT2D eigenvalue weighted by Crippen LogP contribution is 2.33. The number of carboxylic acids is 1. The van der Waals surface area contributed by atoms with Crippen molar-refractivity contribution in [3.8, 4) is 0 Å². The monoisotopic (exact) mass is 353 g/mol. The zero-order valence-electron chi connectivity index (χ0n) is 14.1. The first-order valence-corrected chi connectivity index (χ1v) is 8.64. The number of aliphatic carboxylic acids is 1. The van der Waals surface area contributed by atoms with Crippen LogP contribution >= 0.6 is 11.6 Å². The second kappa shape index (κ2) is 8.49. The molecule has 2 rings (SSSR count). The zero-order chi connectivity index (χ0) is 17.7. The number of rotatable bonds is 7. The predicted molar refractivity (Wildman–Crippen MR) is 92.2 cm³/mol. The van der Waals surface area contributed by atoms with Gasteiger partial charge in [-0.1, -0.05) is 23.7 Å². The van der Waals surface area contributed by atoms with E-state index in [-0.39, 0.29) is 24.5 Å². The van der Waals surface area contributed by atoms with Gasteiger partial charge < -0.3 is 14.7 Å². The van der Waals surface area contributed by atoms with E-state index in [2.05, 4.69) is 0 Å². The number of benzene rings is 1. The second-order valence-corrected chi connectivity index (χ2v) is 6.86. The molecule has 0 aromatic heterocycles. The third-order valence-corrected chi connectivity index (χ3v) is 4.53. The average Bonchev–Trinajstić information content (AvgIpc) is 2.97. The molecule has 1 amide bonds. The van der Waals surface area contributed by atoms with E-state index >= 15 is 0 Å². The van der Waals surface area contributed by atoms with Crippen LogP contribution in [0.15, 0.2) is 24.3 Å². The first kappa shape index (κ1) is 18.7. The highest BCUT2D eigenvalue weighted by molar-refractivity contribution is 6.30. The fourth-order valence-corrected chi connectivity index (χ4v) is 3.13. The lowest BCUT2D eigenvalue weighted by Gasteiger charge is -2.17. The van der Waals surface area contributed by atoms with E-state index < -0.39 is 11.9 Å². The van der Waals surface area contributed by atoms with E-state index in [0.717, 1.165) is 5.56 Å². The van der Waals surface area contributed by atoms with Crippen LogP contribution in [0.2, 0.25) is 5.02 Å². The first-order valence-electron chi connectivity index (χ1n) is 8.26. The molecule has 1 aromatic carbocycles. The summed E-state index contributed by atoms with van der Waals surface area (Å²) in [6, 6.07) is 7.19. The van der Waals surface area contributed by atoms with Crippen LogP contribution in [0.3, 0.4) is 0 Å². The maximum Gasteiger partial charge on any atom is 0.308 e. The summed E-state index contributed by atoms with van der Waals surface area (Å²) in [4.78, 5) is 25.6. The summed E-state index contributed by atoms with van der Waals surface area (Å²) >= 11 is 5.90. The van der Waals surface area contributed by atoms with Gasteiger partial charge >= 0.3 is 5.97 Å². The Balaban J connectivity index is 1.97. The van der Waals surface area contributed by atoms with Crippen molar-refractivity contribution in [2.24, 2.45) is 5.92 Å². The molecule has 1 fully saturated rings. The summed E-state index contributed by atoms with van der Waals surface area (Å²) in [5.74, 6) is -1.66. The minimum atomic E-state index is -0.867. The van der Waals surface area contributed by atoms with Crippen LogP contribution in [0.25, 0.3) is 0 Å². The maximum atomic E-state index is 12.3. The molecule has 0 unspecified atom stereocenters. The molecule has 132 valence electrons. The van der Waals surface area contributed by atoms with Crippen molar-refractivity contribution in [1.29, 1.82) is 0 Å². The van der Waals surface area contributed by atoms with E-state index in [4.69, 9.17) is 16.3 Å². The fourth-order valence-electron chi connectivity index (χ4n) is 3.01.